The first-order chi connectivity index (χ1) is 13.8. The molecule has 2 heterocycles. The van der Waals surface area contributed by atoms with Gasteiger partial charge in [-0.3, -0.25) is 9.59 Å². The number of Topliss-reactive ketones (excluding diaryl/α,β-unsaturated/α-hetero) is 2. The van der Waals surface area contributed by atoms with Gasteiger partial charge in [0.1, 0.15) is 5.01 Å². The molecule has 0 unspecified atom stereocenters. The van der Waals surface area contributed by atoms with Crippen molar-refractivity contribution < 1.29 is 9.59 Å². The van der Waals surface area contributed by atoms with Crippen LogP contribution in [0.4, 0.5) is 5.13 Å². The maximum Gasteiger partial charge on any atom is 0.203 e. The molecule has 0 fully saturated rings. The molecule has 29 heavy (non-hydrogen) atoms. The Morgan fingerprint density at radius 2 is 1.45 bits per heavy atom. The van der Waals surface area contributed by atoms with Crippen LogP contribution in [0, 0.1) is 0 Å². The quantitative estimate of drug-likeness (QED) is 0.485. The topological polar surface area (TPSA) is 90.9 Å². The molecule has 0 aliphatic carbocycles. The van der Waals surface area contributed by atoms with Crippen LogP contribution in [0.2, 0.25) is 0 Å². The molecule has 2 aromatic heterocycles. The van der Waals surface area contributed by atoms with Crippen LogP contribution in [0.1, 0.15) is 53.4 Å². The highest BCUT2D eigenvalue weighted by Gasteiger charge is 2.13. The summed E-state index contributed by atoms with van der Waals surface area (Å²) in [6, 6.07) is 11.6. The number of hydrogen-bond acceptors (Lipinski definition) is 6. The molecule has 2 aromatic carbocycles. The number of carbonyl (C=O) groups excluding carboxylic acids is 2. The normalized spacial score (nSPS) is 10.8. The summed E-state index contributed by atoms with van der Waals surface area (Å²) in [4.78, 5) is 23.2. The molecule has 0 amide bonds. The lowest BCUT2D eigenvalue weighted by molar-refractivity contribution is 0.100. The molecule has 2 N–H and O–H groups in total. The van der Waals surface area contributed by atoms with E-state index in [0.717, 1.165) is 39.8 Å². The number of carbonyl (C=O) groups is 2. The maximum absolute atomic E-state index is 11.6. The molecule has 150 valence electrons. The monoisotopic (exact) mass is 408 g/mol. The number of rotatable bonds is 4. The van der Waals surface area contributed by atoms with Gasteiger partial charge in [-0.25, -0.2) is 0 Å². The number of benzene rings is 2. The fraction of sp³-hybridized carbons (Fsp3) is 0.273. The zero-order chi connectivity index (χ0) is 21.1. The molecule has 0 spiro atoms. The molecular formula is C22H24N4O2S. The minimum atomic E-state index is 0.0528. The fourth-order valence-electron chi connectivity index (χ4n) is 3.29. The van der Waals surface area contributed by atoms with E-state index in [0.29, 0.717) is 16.3 Å². The average Bonchev–Trinajstić information content (AvgIpc) is 3.27. The molecular weight excluding hydrogens is 384 g/mol. The van der Waals surface area contributed by atoms with Gasteiger partial charge in [-0.1, -0.05) is 18.3 Å². The Bertz CT molecular complexity index is 1140. The molecule has 0 radical (unpaired) electrons. The van der Waals surface area contributed by atoms with Gasteiger partial charge in [-0.2, -0.15) is 0 Å². The molecule has 0 atom stereocenters. The number of ketones is 2. The van der Waals surface area contributed by atoms with Gasteiger partial charge in [0, 0.05) is 39.5 Å². The zero-order valence-electron chi connectivity index (χ0n) is 17.0. The van der Waals surface area contributed by atoms with Crippen LogP contribution in [0.5, 0.6) is 0 Å². The van der Waals surface area contributed by atoms with Gasteiger partial charge in [-0.05, 0) is 63.6 Å². The number of aryl methyl sites for hydroxylation is 2. The van der Waals surface area contributed by atoms with E-state index in [4.69, 9.17) is 5.73 Å². The van der Waals surface area contributed by atoms with E-state index >= 15 is 0 Å². The number of anilines is 1. The Morgan fingerprint density at radius 1 is 0.931 bits per heavy atom. The maximum atomic E-state index is 11.6. The predicted octanol–water partition coefficient (Wildman–Crippen LogP) is 4.90. The Hall–Kier alpha value is -3.06. The van der Waals surface area contributed by atoms with Crippen molar-refractivity contribution in [3.8, 4) is 0 Å². The summed E-state index contributed by atoms with van der Waals surface area (Å²) < 4.78 is 2.21. The summed E-state index contributed by atoms with van der Waals surface area (Å²) in [5.74, 6) is 0.106. The summed E-state index contributed by atoms with van der Waals surface area (Å²) in [5.41, 5.74) is 8.89. The zero-order valence-corrected chi connectivity index (χ0v) is 17.8. The Morgan fingerprint density at radius 3 is 1.76 bits per heavy atom. The molecule has 0 saturated carbocycles. The highest BCUT2D eigenvalue weighted by molar-refractivity contribution is 7.15. The fourth-order valence-corrected chi connectivity index (χ4v) is 3.84. The first-order valence-electron chi connectivity index (χ1n) is 9.51. The van der Waals surface area contributed by atoms with E-state index in [1.54, 1.807) is 13.8 Å². The number of nitrogens with zero attached hydrogens (tertiary/aromatic N) is 3. The Labute approximate surface area is 173 Å². The summed E-state index contributed by atoms with van der Waals surface area (Å²) in [7, 11) is 0. The van der Waals surface area contributed by atoms with Crippen molar-refractivity contribution >= 4 is 49.8 Å². The molecule has 4 rings (SSSR count). The second-order valence-corrected chi connectivity index (χ2v) is 7.80. The molecule has 0 bridgehead atoms. The van der Waals surface area contributed by atoms with Crippen LogP contribution in [-0.4, -0.2) is 26.3 Å². The summed E-state index contributed by atoms with van der Waals surface area (Å²) in [5, 5.41) is 11.0. The van der Waals surface area contributed by atoms with Gasteiger partial charge >= 0.3 is 0 Å². The van der Waals surface area contributed by atoms with Gasteiger partial charge in [0.2, 0.25) is 5.13 Å². The van der Waals surface area contributed by atoms with Crippen molar-refractivity contribution in [2.45, 2.75) is 40.7 Å². The van der Waals surface area contributed by atoms with Gasteiger partial charge < -0.3 is 10.3 Å². The van der Waals surface area contributed by atoms with E-state index in [9.17, 15) is 9.59 Å². The van der Waals surface area contributed by atoms with Crippen LogP contribution in [0.3, 0.4) is 0 Å². The first kappa shape index (κ1) is 20.7. The number of nitrogen functional groups attached to an aromatic ring is 1. The minimum Gasteiger partial charge on any atom is -0.374 e. The third-order valence-electron chi connectivity index (χ3n) is 4.78. The highest BCUT2D eigenvalue weighted by Crippen LogP contribution is 2.31. The van der Waals surface area contributed by atoms with Gasteiger partial charge in [0.05, 0.1) is 0 Å². The molecule has 0 aliphatic heterocycles. The second kappa shape index (κ2) is 8.53. The van der Waals surface area contributed by atoms with Crippen molar-refractivity contribution in [1.82, 2.24) is 14.8 Å². The van der Waals surface area contributed by atoms with Gasteiger partial charge in [-0.15, -0.1) is 10.2 Å². The number of fused-ring (bicyclic) bond motifs is 3. The van der Waals surface area contributed by atoms with Crippen molar-refractivity contribution in [1.29, 1.82) is 0 Å². The third-order valence-corrected chi connectivity index (χ3v) is 5.68. The second-order valence-electron chi connectivity index (χ2n) is 6.71. The summed E-state index contributed by atoms with van der Waals surface area (Å²) >= 11 is 1.44. The lowest BCUT2D eigenvalue weighted by Crippen LogP contribution is -1.95. The number of nitrogens with two attached hydrogens (primary N) is 1. The summed E-state index contributed by atoms with van der Waals surface area (Å²) in [6.45, 7) is 8.11. The van der Waals surface area contributed by atoms with Crippen LogP contribution in [0.25, 0.3) is 21.8 Å². The first-order valence-corrected chi connectivity index (χ1v) is 10.3. The van der Waals surface area contributed by atoms with Crippen LogP contribution >= 0.6 is 11.3 Å². The summed E-state index contributed by atoms with van der Waals surface area (Å²) in [6.07, 6.45) is 0.925. The largest absolute Gasteiger partial charge is 0.374 e. The Kier molecular flexibility index (Phi) is 6.08. The number of hydrogen-bond donors (Lipinski definition) is 1. The SMILES string of the molecule is CCc1nnc(N)s1.CCn1c2ccc(C(C)=O)cc2c2cc(C(C)=O)ccc21. The lowest BCUT2D eigenvalue weighted by atomic mass is 10.0. The van der Waals surface area contributed by atoms with E-state index in [-0.39, 0.29) is 11.6 Å². The number of aromatic nitrogens is 3. The van der Waals surface area contributed by atoms with Crippen molar-refractivity contribution in [2.75, 3.05) is 5.73 Å². The highest BCUT2D eigenvalue weighted by atomic mass is 32.1. The average molecular weight is 409 g/mol. The van der Waals surface area contributed by atoms with Crippen molar-refractivity contribution in [2.24, 2.45) is 0 Å². The molecule has 6 nitrogen and oxygen atoms in total. The van der Waals surface area contributed by atoms with Crippen molar-refractivity contribution in [3.05, 3.63) is 52.5 Å². The molecule has 0 aliphatic rings. The molecule has 0 saturated heterocycles. The standard InChI is InChI=1S/C18H17NO2.C4H7N3S/c1-4-19-17-7-5-13(11(2)20)9-15(17)16-10-14(12(3)21)6-8-18(16)19;1-2-3-6-7-4(5)8-3/h5-10H,4H2,1-3H3;2H2,1H3,(H2,5,7). The third kappa shape index (κ3) is 4.19. The van der Waals surface area contributed by atoms with Crippen LogP contribution < -0.4 is 5.73 Å². The lowest BCUT2D eigenvalue weighted by Gasteiger charge is -2.03. The Balaban J connectivity index is 0.000000252. The predicted molar refractivity (Wildman–Crippen MR) is 119 cm³/mol. The van der Waals surface area contributed by atoms with E-state index in [1.165, 1.54) is 11.3 Å². The smallest absolute Gasteiger partial charge is 0.203 e. The molecule has 7 heteroatoms. The van der Waals surface area contributed by atoms with Crippen LogP contribution in [0.15, 0.2) is 36.4 Å². The van der Waals surface area contributed by atoms with E-state index < -0.39 is 0 Å². The minimum absolute atomic E-state index is 0.0528. The van der Waals surface area contributed by atoms with Crippen molar-refractivity contribution in [3.63, 3.8) is 0 Å². The molecule has 4 aromatic rings. The van der Waals surface area contributed by atoms with Crippen LogP contribution in [-0.2, 0) is 13.0 Å². The van der Waals surface area contributed by atoms with Gasteiger partial charge in [0.15, 0.2) is 11.6 Å². The van der Waals surface area contributed by atoms with E-state index in [2.05, 4.69) is 21.7 Å². The van der Waals surface area contributed by atoms with Gasteiger partial charge in [0.25, 0.3) is 0 Å². The van der Waals surface area contributed by atoms with E-state index in [1.807, 2.05) is 43.3 Å².